The lowest BCUT2D eigenvalue weighted by Gasteiger charge is -2.18. The Bertz CT molecular complexity index is 1050. The first kappa shape index (κ1) is 59.6. The summed E-state index contributed by atoms with van der Waals surface area (Å²) in [6.45, 7) is 6.59. The normalized spacial score (nSPS) is 12.2. The van der Waals surface area contributed by atoms with E-state index < -0.39 is 6.10 Å². The van der Waals surface area contributed by atoms with Crippen LogP contribution in [-0.2, 0) is 28.6 Å². The second kappa shape index (κ2) is 51.3. The van der Waals surface area contributed by atoms with Crippen molar-refractivity contribution in [3.05, 3.63) is 36.5 Å². The quantitative estimate of drug-likeness (QED) is 0.0262. The summed E-state index contributed by atoms with van der Waals surface area (Å²) in [5, 5.41) is 0. The number of hydrogen-bond acceptors (Lipinski definition) is 6. The van der Waals surface area contributed by atoms with Gasteiger partial charge in [-0.3, -0.25) is 14.4 Å². The summed E-state index contributed by atoms with van der Waals surface area (Å²) in [5.41, 5.74) is 0. The third-order valence-electron chi connectivity index (χ3n) is 11.9. The van der Waals surface area contributed by atoms with Crippen LogP contribution in [-0.4, -0.2) is 37.2 Å². The molecule has 362 valence electrons. The molecule has 0 spiro atoms. The fraction of sp³-hybridized carbons (Fsp3) is 0.839. The molecule has 0 aromatic heterocycles. The summed E-state index contributed by atoms with van der Waals surface area (Å²) in [7, 11) is 0. The highest BCUT2D eigenvalue weighted by Crippen LogP contribution is 2.16. The highest BCUT2D eigenvalue weighted by molar-refractivity contribution is 5.71. The van der Waals surface area contributed by atoms with E-state index in [2.05, 4.69) is 51.2 Å². The van der Waals surface area contributed by atoms with E-state index in [-0.39, 0.29) is 37.5 Å². The van der Waals surface area contributed by atoms with Crippen LogP contribution in [0.1, 0.15) is 284 Å². The molecule has 1 atom stereocenters. The molecule has 0 aliphatic carbocycles. The SMILES string of the molecule is CCCCCCCC/C=C/C/C=C/CCC(=O)OC(COC(=O)CCCCC/C=C/CCCCCCCC)COC(=O)CCCCCCCCCCCCCCCCCCCC. The smallest absolute Gasteiger partial charge is 0.306 e. The topological polar surface area (TPSA) is 78.9 Å². The maximum absolute atomic E-state index is 12.7. The molecule has 6 nitrogen and oxygen atoms in total. The van der Waals surface area contributed by atoms with E-state index in [4.69, 9.17) is 14.2 Å². The minimum absolute atomic E-state index is 0.0960. The zero-order chi connectivity index (χ0) is 45.1. The molecule has 0 saturated heterocycles. The number of esters is 3. The second-order valence-corrected chi connectivity index (χ2v) is 18.1. The monoisotopic (exact) mass is 871 g/mol. The van der Waals surface area contributed by atoms with Crippen molar-refractivity contribution in [1.82, 2.24) is 0 Å². The van der Waals surface area contributed by atoms with Crippen LogP contribution in [0, 0.1) is 0 Å². The van der Waals surface area contributed by atoms with E-state index in [9.17, 15) is 14.4 Å². The fourth-order valence-corrected chi connectivity index (χ4v) is 7.79. The lowest BCUT2D eigenvalue weighted by atomic mass is 10.0. The Kier molecular flexibility index (Phi) is 49.3. The number of rotatable bonds is 49. The van der Waals surface area contributed by atoms with E-state index >= 15 is 0 Å². The zero-order valence-electron chi connectivity index (χ0n) is 41.4. The summed E-state index contributed by atoms with van der Waals surface area (Å²) in [5.74, 6) is -0.969. The molecule has 0 aliphatic heterocycles. The van der Waals surface area contributed by atoms with E-state index in [1.807, 2.05) is 6.08 Å². The Morgan fingerprint density at radius 3 is 0.984 bits per heavy atom. The van der Waals surface area contributed by atoms with Gasteiger partial charge < -0.3 is 14.2 Å². The number of hydrogen-bond donors (Lipinski definition) is 0. The molecule has 6 heteroatoms. The third kappa shape index (κ3) is 48.7. The van der Waals surface area contributed by atoms with Crippen molar-refractivity contribution in [2.75, 3.05) is 13.2 Å². The minimum Gasteiger partial charge on any atom is -0.462 e. The van der Waals surface area contributed by atoms with Gasteiger partial charge in [-0.25, -0.2) is 0 Å². The van der Waals surface area contributed by atoms with Gasteiger partial charge in [-0.2, -0.15) is 0 Å². The molecule has 0 radical (unpaired) electrons. The van der Waals surface area contributed by atoms with Gasteiger partial charge in [0.25, 0.3) is 0 Å². The van der Waals surface area contributed by atoms with Crippen molar-refractivity contribution in [3.8, 4) is 0 Å². The van der Waals surface area contributed by atoms with Crippen LogP contribution in [0.4, 0.5) is 0 Å². The molecule has 0 rings (SSSR count). The molecule has 0 aromatic carbocycles. The van der Waals surface area contributed by atoms with Crippen molar-refractivity contribution in [2.24, 2.45) is 0 Å². The number of ether oxygens (including phenoxy) is 3. The number of allylic oxidation sites excluding steroid dienone is 6. The predicted octanol–water partition coefficient (Wildman–Crippen LogP) is 17.7. The molecule has 0 N–H and O–H groups in total. The highest BCUT2D eigenvalue weighted by Gasteiger charge is 2.19. The highest BCUT2D eigenvalue weighted by atomic mass is 16.6. The average molecular weight is 871 g/mol. The summed E-state index contributed by atoms with van der Waals surface area (Å²) in [6, 6.07) is 0. The van der Waals surface area contributed by atoms with Crippen molar-refractivity contribution >= 4 is 17.9 Å². The molecule has 0 heterocycles. The molecule has 0 amide bonds. The Morgan fingerprint density at radius 2 is 0.613 bits per heavy atom. The maximum Gasteiger partial charge on any atom is 0.306 e. The van der Waals surface area contributed by atoms with Crippen LogP contribution < -0.4 is 0 Å². The van der Waals surface area contributed by atoms with Gasteiger partial charge in [0.15, 0.2) is 6.10 Å². The summed E-state index contributed by atoms with van der Waals surface area (Å²) in [4.78, 5) is 37.9. The van der Waals surface area contributed by atoms with Crippen LogP contribution in [0.5, 0.6) is 0 Å². The molecule has 1 unspecified atom stereocenters. The largest absolute Gasteiger partial charge is 0.462 e. The Labute approximate surface area is 385 Å². The molecular weight excluding hydrogens is 769 g/mol. The lowest BCUT2D eigenvalue weighted by Crippen LogP contribution is -2.30. The van der Waals surface area contributed by atoms with E-state index in [0.717, 1.165) is 64.2 Å². The van der Waals surface area contributed by atoms with Gasteiger partial charge in [0.2, 0.25) is 0 Å². The first-order valence-electron chi connectivity index (χ1n) is 27.0. The number of carbonyl (C=O) groups is 3. The third-order valence-corrected chi connectivity index (χ3v) is 11.9. The first-order chi connectivity index (χ1) is 30.5. The summed E-state index contributed by atoms with van der Waals surface area (Å²) < 4.78 is 16.7. The van der Waals surface area contributed by atoms with E-state index in [0.29, 0.717) is 19.3 Å². The van der Waals surface area contributed by atoms with Crippen LogP contribution in [0.2, 0.25) is 0 Å². The van der Waals surface area contributed by atoms with Gasteiger partial charge in [0.1, 0.15) is 13.2 Å². The first-order valence-corrected chi connectivity index (χ1v) is 27.0. The molecule has 0 aromatic rings. The van der Waals surface area contributed by atoms with Gasteiger partial charge in [-0.15, -0.1) is 0 Å². The molecule has 0 saturated carbocycles. The number of unbranched alkanes of at least 4 members (excludes halogenated alkanes) is 32. The average Bonchev–Trinajstić information content (AvgIpc) is 3.27. The van der Waals surface area contributed by atoms with Crippen LogP contribution in [0.3, 0.4) is 0 Å². The summed E-state index contributed by atoms with van der Waals surface area (Å²) >= 11 is 0. The Morgan fingerprint density at radius 1 is 0.323 bits per heavy atom. The van der Waals surface area contributed by atoms with Crippen molar-refractivity contribution in [2.45, 2.75) is 290 Å². The van der Waals surface area contributed by atoms with Crippen LogP contribution in [0.25, 0.3) is 0 Å². The zero-order valence-corrected chi connectivity index (χ0v) is 41.4. The Balaban J connectivity index is 4.38. The van der Waals surface area contributed by atoms with Crippen molar-refractivity contribution < 1.29 is 28.6 Å². The predicted molar refractivity (Wildman–Crippen MR) is 266 cm³/mol. The van der Waals surface area contributed by atoms with Crippen LogP contribution in [0.15, 0.2) is 36.5 Å². The molecule has 62 heavy (non-hydrogen) atoms. The molecule has 0 fully saturated rings. The van der Waals surface area contributed by atoms with Crippen molar-refractivity contribution in [3.63, 3.8) is 0 Å². The Hall–Kier alpha value is -2.37. The maximum atomic E-state index is 12.7. The van der Waals surface area contributed by atoms with Crippen LogP contribution >= 0.6 is 0 Å². The van der Waals surface area contributed by atoms with Gasteiger partial charge in [-0.1, -0.05) is 237 Å². The van der Waals surface area contributed by atoms with Crippen molar-refractivity contribution in [1.29, 1.82) is 0 Å². The standard InChI is InChI=1S/C56H102O6/c1-4-7-10-13-16-19-22-25-26-27-28-29-32-34-37-40-43-46-49-55(58)61-52-53(62-56(59)50-47-44-41-38-35-31-24-21-18-15-12-9-6-3)51-60-54(57)48-45-42-39-36-33-30-23-20-17-14-11-8-5-2/h30-31,33,35,41,44,53H,4-29,32,34,36-40,42-43,45-52H2,1-3H3/b33-30+,35-31+,44-41+. The minimum atomic E-state index is -0.804. The van der Waals surface area contributed by atoms with E-state index in [1.165, 1.54) is 173 Å². The number of carbonyl (C=O) groups excluding carboxylic acids is 3. The summed E-state index contributed by atoms with van der Waals surface area (Å²) in [6.07, 6.45) is 60.0. The molecule has 0 aliphatic rings. The lowest BCUT2D eigenvalue weighted by molar-refractivity contribution is -0.166. The second-order valence-electron chi connectivity index (χ2n) is 18.1. The van der Waals surface area contributed by atoms with Gasteiger partial charge in [0.05, 0.1) is 0 Å². The van der Waals surface area contributed by atoms with Gasteiger partial charge >= 0.3 is 17.9 Å². The van der Waals surface area contributed by atoms with Gasteiger partial charge in [-0.05, 0) is 64.2 Å². The molecular formula is C56H102O6. The van der Waals surface area contributed by atoms with Gasteiger partial charge in [0, 0.05) is 19.3 Å². The molecule has 0 bridgehead atoms. The fourth-order valence-electron chi connectivity index (χ4n) is 7.79. The van der Waals surface area contributed by atoms with E-state index in [1.54, 1.807) is 0 Å².